The number of ether oxygens (including phenoxy) is 1. The van der Waals surface area contributed by atoms with Gasteiger partial charge in [0.15, 0.2) is 0 Å². The number of nitrogens with zero attached hydrogens (tertiary/aromatic N) is 2. The number of rotatable bonds is 3. The minimum Gasteiger partial charge on any atom is -0.465 e. The number of halogens is 1. The summed E-state index contributed by atoms with van der Waals surface area (Å²) in [6, 6.07) is 5.24. The molecule has 0 spiro atoms. The maximum atomic E-state index is 11.6. The Morgan fingerprint density at radius 3 is 2.89 bits per heavy atom. The van der Waals surface area contributed by atoms with Gasteiger partial charge >= 0.3 is 5.97 Å². The molecule has 0 aliphatic carbocycles. The monoisotopic (exact) mass is 266 g/mol. The summed E-state index contributed by atoms with van der Waals surface area (Å²) >= 11 is 5.60. The van der Waals surface area contributed by atoms with E-state index >= 15 is 0 Å². The molecule has 6 heteroatoms. The van der Waals surface area contributed by atoms with Gasteiger partial charge in [-0.15, -0.1) is 11.6 Å². The molecule has 94 valence electrons. The van der Waals surface area contributed by atoms with Crippen molar-refractivity contribution in [1.82, 2.24) is 10.1 Å². The Morgan fingerprint density at radius 2 is 2.28 bits per heavy atom. The highest BCUT2D eigenvalue weighted by atomic mass is 35.5. The van der Waals surface area contributed by atoms with Crippen LogP contribution in [0.3, 0.4) is 0 Å². The number of aromatic nitrogens is 2. The number of hydrogen-bond donors (Lipinski definition) is 0. The van der Waals surface area contributed by atoms with Crippen LogP contribution in [-0.2, 0) is 10.6 Å². The molecule has 0 unspecified atom stereocenters. The van der Waals surface area contributed by atoms with Crippen LogP contribution in [0.4, 0.5) is 0 Å². The fraction of sp³-hybridized carbons (Fsp3) is 0.250. The van der Waals surface area contributed by atoms with Crippen LogP contribution in [0.25, 0.3) is 11.4 Å². The molecular weight excluding hydrogens is 256 g/mol. The smallest absolute Gasteiger partial charge is 0.338 e. The minimum atomic E-state index is -0.393. The number of benzene rings is 1. The third-order valence-electron chi connectivity index (χ3n) is 2.56. The van der Waals surface area contributed by atoms with Gasteiger partial charge in [-0.2, -0.15) is 4.98 Å². The number of alkyl halides is 1. The average molecular weight is 267 g/mol. The summed E-state index contributed by atoms with van der Waals surface area (Å²) in [6.45, 7) is 1.80. The molecule has 1 aromatic carbocycles. The molecular formula is C12H11ClN2O3. The van der Waals surface area contributed by atoms with Crippen molar-refractivity contribution in [1.29, 1.82) is 0 Å². The summed E-state index contributed by atoms with van der Waals surface area (Å²) in [4.78, 5) is 15.7. The van der Waals surface area contributed by atoms with Crippen molar-refractivity contribution >= 4 is 17.6 Å². The van der Waals surface area contributed by atoms with E-state index in [0.717, 1.165) is 11.1 Å². The second-order valence-corrected chi connectivity index (χ2v) is 3.88. The second kappa shape index (κ2) is 5.18. The predicted molar refractivity (Wildman–Crippen MR) is 65.4 cm³/mol. The van der Waals surface area contributed by atoms with E-state index in [4.69, 9.17) is 20.9 Å². The highest BCUT2D eigenvalue weighted by Crippen LogP contribution is 2.24. The van der Waals surface area contributed by atoms with Gasteiger partial charge in [-0.25, -0.2) is 4.79 Å². The normalized spacial score (nSPS) is 10.4. The number of carbonyl (C=O) groups is 1. The molecule has 5 nitrogen and oxygen atoms in total. The van der Waals surface area contributed by atoms with Gasteiger partial charge in [-0.3, -0.25) is 0 Å². The lowest BCUT2D eigenvalue weighted by atomic mass is 10.0. The molecule has 0 bridgehead atoms. The molecule has 0 saturated heterocycles. The summed E-state index contributed by atoms with van der Waals surface area (Å²) in [5.74, 6) is 0.516. The zero-order chi connectivity index (χ0) is 13.1. The average Bonchev–Trinajstić information content (AvgIpc) is 2.86. The molecule has 0 N–H and O–H groups in total. The van der Waals surface area contributed by atoms with E-state index in [2.05, 4.69) is 10.1 Å². The zero-order valence-electron chi connectivity index (χ0n) is 9.94. The van der Waals surface area contributed by atoms with Gasteiger partial charge in [-0.1, -0.05) is 17.3 Å². The quantitative estimate of drug-likeness (QED) is 0.631. The van der Waals surface area contributed by atoms with Crippen molar-refractivity contribution in [3.8, 4) is 11.4 Å². The van der Waals surface area contributed by atoms with Crippen LogP contribution in [0.15, 0.2) is 22.7 Å². The van der Waals surface area contributed by atoms with E-state index in [9.17, 15) is 4.79 Å². The summed E-state index contributed by atoms with van der Waals surface area (Å²) in [6.07, 6.45) is 0. The molecule has 1 heterocycles. The van der Waals surface area contributed by atoms with Gasteiger partial charge in [0, 0.05) is 5.56 Å². The van der Waals surface area contributed by atoms with Crippen LogP contribution in [0.1, 0.15) is 21.8 Å². The van der Waals surface area contributed by atoms with Gasteiger partial charge < -0.3 is 9.26 Å². The molecule has 2 aromatic rings. The lowest BCUT2D eigenvalue weighted by Gasteiger charge is -2.06. The van der Waals surface area contributed by atoms with Crippen molar-refractivity contribution < 1.29 is 14.1 Å². The van der Waals surface area contributed by atoms with Crippen molar-refractivity contribution in [3.05, 3.63) is 35.2 Å². The summed E-state index contributed by atoms with van der Waals surface area (Å²) in [5, 5.41) is 3.82. The van der Waals surface area contributed by atoms with E-state index in [0.29, 0.717) is 17.3 Å². The first kappa shape index (κ1) is 12.6. The summed E-state index contributed by atoms with van der Waals surface area (Å²) in [7, 11) is 1.34. The summed E-state index contributed by atoms with van der Waals surface area (Å²) < 4.78 is 9.65. The lowest BCUT2D eigenvalue weighted by Crippen LogP contribution is -2.04. The van der Waals surface area contributed by atoms with Crippen LogP contribution in [-0.4, -0.2) is 23.2 Å². The first-order chi connectivity index (χ1) is 8.67. The molecule has 0 radical (unpaired) electrons. The predicted octanol–water partition coefficient (Wildman–Crippen LogP) is 2.57. The third-order valence-corrected chi connectivity index (χ3v) is 2.79. The van der Waals surface area contributed by atoms with Crippen LogP contribution in [0.5, 0.6) is 0 Å². The van der Waals surface area contributed by atoms with Gasteiger partial charge in [0.05, 0.1) is 12.7 Å². The van der Waals surface area contributed by atoms with E-state index in [-0.39, 0.29) is 5.88 Å². The van der Waals surface area contributed by atoms with Gasteiger partial charge in [-0.05, 0) is 18.6 Å². The van der Waals surface area contributed by atoms with Gasteiger partial charge in [0.1, 0.15) is 5.88 Å². The lowest BCUT2D eigenvalue weighted by molar-refractivity contribution is 0.0600. The Labute approximate surface area is 109 Å². The molecule has 0 atom stereocenters. The summed E-state index contributed by atoms with van der Waals surface area (Å²) in [5.41, 5.74) is 1.94. The first-order valence-electron chi connectivity index (χ1n) is 5.24. The van der Waals surface area contributed by atoms with Crippen molar-refractivity contribution in [3.63, 3.8) is 0 Å². The van der Waals surface area contributed by atoms with E-state index in [1.54, 1.807) is 19.1 Å². The molecule has 0 aliphatic heterocycles. The molecule has 0 aliphatic rings. The topological polar surface area (TPSA) is 65.2 Å². The molecule has 0 saturated carbocycles. The van der Waals surface area contributed by atoms with E-state index < -0.39 is 5.97 Å². The Bertz CT molecular complexity index is 580. The number of methoxy groups -OCH3 is 1. The standard InChI is InChI=1S/C12H11ClN2O3/c1-7-8(11-14-10(6-13)18-15-11)4-3-5-9(7)12(16)17-2/h3-5H,6H2,1-2H3. The minimum absolute atomic E-state index is 0.155. The highest BCUT2D eigenvalue weighted by molar-refractivity contribution is 6.16. The number of carbonyl (C=O) groups excluding carboxylic acids is 1. The fourth-order valence-electron chi connectivity index (χ4n) is 1.63. The third kappa shape index (κ3) is 2.22. The van der Waals surface area contributed by atoms with Crippen molar-refractivity contribution in [2.45, 2.75) is 12.8 Å². The Balaban J connectivity index is 2.48. The Hall–Kier alpha value is -1.88. The highest BCUT2D eigenvalue weighted by Gasteiger charge is 2.16. The maximum absolute atomic E-state index is 11.6. The van der Waals surface area contributed by atoms with Crippen LogP contribution in [0.2, 0.25) is 0 Å². The fourth-order valence-corrected chi connectivity index (χ4v) is 1.74. The Kier molecular flexibility index (Phi) is 3.62. The maximum Gasteiger partial charge on any atom is 0.338 e. The zero-order valence-corrected chi connectivity index (χ0v) is 10.7. The molecule has 0 amide bonds. The Morgan fingerprint density at radius 1 is 1.50 bits per heavy atom. The number of hydrogen-bond acceptors (Lipinski definition) is 5. The molecule has 2 rings (SSSR count). The molecule has 1 aromatic heterocycles. The second-order valence-electron chi connectivity index (χ2n) is 3.62. The molecule has 0 fully saturated rings. The van der Waals surface area contributed by atoms with Crippen molar-refractivity contribution in [2.24, 2.45) is 0 Å². The van der Waals surface area contributed by atoms with Gasteiger partial charge in [0.25, 0.3) is 0 Å². The van der Waals surface area contributed by atoms with Crippen molar-refractivity contribution in [2.75, 3.05) is 7.11 Å². The SMILES string of the molecule is COC(=O)c1cccc(-c2noc(CCl)n2)c1C. The van der Waals surface area contributed by atoms with E-state index in [1.807, 2.05) is 6.07 Å². The molecule has 18 heavy (non-hydrogen) atoms. The largest absolute Gasteiger partial charge is 0.465 e. The van der Waals surface area contributed by atoms with Crippen LogP contribution < -0.4 is 0 Å². The van der Waals surface area contributed by atoms with Gasteiger partial charge in [0.2, 0.25) is 11.7 Å². The first-order valence-corrected chi connectivity index (χ1v) is 5.77. The van der Waals surface area contributed by atoms with Crippen LogP contribution in [0, 0.1) is 6.92 Å². The number of esters is 1. The van der Waals surface area contributed by atoms with Crippen LogP contribution >= 0.6 is 11.6 Å². The van der Waals surface area contributed by atoms with E-state index in [1.165, 1.54) is 7.11 Å².